The third-order valence-corrected chi connectivity index (χ3v) is 5.85. The van der Waals surface area contributed by atoms with Gasteiger partial charge in [-0.25, -0.2) is 8.42 Å². The minimum absolute atomic E-state index is 0.0394. The van der Waals surface area contributed by atoms with Gasteiger partial charge in [-0.15, -0.1) is 6.58 Å². The van der Waals surface area contributed by atoms with Gasteiger partial charge in [-0.1, -0.05) is 38.1 Å². The summed E-state index contributed by atoms with van der Waals surface area (Å²) < 4.78 is 24.3. The summed E-state index contributed by atoms with van der Waals surface area (Å²) >= 11 is 0. The van der Waals surface area contributed by atoms with E-state index in [0.717, 1.165) is 11.3 Å². The lowest BCUT2D eigenvalue weighted by atomic mass is 10.0. The maximum absolute atomic E-state index is 12.2. The summed E-state index contributed by atoms with van der Waals surface area (Å²) in [6.07, 6.45) is 1.36. The highest BCUT2D eigenvalue weighted by molar-refractivity contribution is 7.91. The molecule has 0 unspecified atom stereocenters. The van der Waals surface area contributed by atoms with Crippen LogP contribution in [0.15, 0.2) is 60.0 Å². The molecule has 27 heavy (non-hydrogen) atoms. The van der Waals surface area contributed by atoms with Gasteiger partial charge in [-0.2, -0.15) is 0 Å². The molecule has 0 aromatic heterocycles. The molecule has 0 radical (unpaired) electrons. The summed E-state index contributed by atoms with van der Waals surface area (Å²) in [5.41, 5.74) is 3.41. The van der Waals surface area contributed by atoms with E-state index in [0.29, 0.717) is 11.6 Å². The van der Waals surface area contributed by atoms with Crippen LogP contribution in [0.4, 0.5) is 11.4 Å². The fraction of sp³-hybridized carbons (Fsp3) is 0.286. The molecule has 2 N–H and O–H groups in total. The molecule has 5 nitrogen and oxygen atoms in total. The monoisotopic (exact) mass is 386 g/mol. The van der Waals surface area contributed by atoms with Crippen LogP contribution in [-0.2, 0) is 14.6 Å². The van der Waals surface area contributed by atoms with Crippen LogP contribution in [-0.4, -0.2) is 26.6 Å². The maximum atomic E-state index is 12.2. The van der Waals surface area contributed by atoms with E-state index in [4.69, 9.17) is 0 Å². The molecule has 1 amide bonds. The average Bonchev–Trinajstić information content (AvgIpc) is 2.61. The zero-order valence-corrected chi connectivity index (χ0v) is 16.8. The Bertz CT molecular complexity index is 917. The number of carbonyl (C=O) groups is 1. The van der Waals surface area contributed by atoms with Gasteiger partial charge < -0.3 is 10.6 Å². The Morgan fingerprint density at radius 3 is 2.41 bits per heavy atom. The first-order valence-electron chi connectivity index (χ1n) is 8.81. The van der Waals surface area contributed by atoms with Crippen molar-refractivity contribution in [2.45, 2.75) is 31.6 Å². The van der Waals surface area contributed by atoms with Crippen molar-refractivity contribution < 1.29 is 13.2 Å². The van der Waals surface area contributed by atoms with Gasteiger partial charge in [0.05, 0.1) is 17.2 Å². The highest BCUT2D eigenvalue weighted by atomic mass is 32.2. The second-order valence-corrected chi connectivity index (χ2v) is 8.76. The zero-order chi connectivity index (χ0) is 20.0. The van der Waals surface area contributed by atoms with Crippen LogP contribution >= 0.6 is 0 Å². The maximum Gasteiger partial charge on any atom is 0.243 e. The van der Waals surface area contributed by atoms with Crippen LogP contribution in [0, 0.1) is 6.92 Å². The van der Waals surface area contributed by atoms with E-state index >= 15 is 0 Å². The second-order valence-electron chi connectivity index (χ2n) is 6.73. The number of nitrogens with one attached hydrogen (secondary N) is 2. The molecular weight excluding hydrogens is 360 g/mol. The summed E-state index contributed by atoms with van der Waals surface area (Å²) in [6.45, 7) is 9.60. The Morgan fingerprint density at radius 1 is 1.15 bits per heavy atom. The van der Waals surface area contributed by atoms with Crippen LogP contribution in [0.2, 0.25) is 0 Å². The van der Waals surface area contributed by atoms with Gasteiger partial charge in [-0.3, -0.25) is 4.79 Å². The highest BCUT2D eigenvalue weighted by Gasteiger charge is 2.14. The Hall–Kier alpha value is -2.60. The predicted octanol–water partition coefficient (Wildman–Crippen LogP) is 4.13. The van der Waals surface area contributed by atoms with Crippen LogP contribution in [0.5, 0.6) is 0 Å². The standard InChI is InChI=1S/C21H26N2O3S/c1-5-12-27(25,26)19-11-6-16(4)20(13-19)22-14-21(24)23-18-9-7-17(8-10-18)15(2)3/h5-11,13,15,22H,1,12,14H2,2-4H3,(H,23,24). The molecule has 0 spiro atoms. The van der Waals surface area contributed by atoms with Gasteiger partial charge in [0.1, 0.15) is 0 Å². The minimum Gasteiger partial charge on any atom is -0.376 e. The van der Waals surface area contributed by atoms with E-state index in [-0.39, 0.29) is 23.1 Å². The molecule has 144 valence electrons. The molecule has 2 aromatic rings. The lowest BCUT2D eigenvalue weighted by Gasteiger charge is -2.12. The van der Waals surface area contributed by atoms with Crippen molar-refractivity contribution in [2.75, 3.05) is 22.9 Å². The molecule has 0 saturated carbocycles. The topological polar surface area (TPSA) is 75.3 Å². The van der Waals surface area contributed by atoms with E-state index in [1.54, 1.807) is 18.2 Å². The van der Waals surface area contributed by atoms with Gasteiger partial charge in [0.25, 0.3) is 0 Å². The quantitative estimate of drug-likeness (QED) is 0.669. The van der Waals surface area contributed by atoms with Crippen molar-refractivity contribution in [3.05, 3.63) is 66.2 Å². The Kier molecular flexibility index (Phi) is 6.80. The van der Waals surface area contributed by atoms with E-state index in [9.17, 15) is 13.2 Å². The van der Waals surface area contributed by atoms with E-state index < -0.39 is 9.84 Å². The van der Waals surface area contributed by atoms with Crippen molar-refractivity contribution >= 4 is 27.1 Å². The molecule has 2 rings (SSSR count). The third kappa shape index (κ3) is 5.69. The van der Waals surface area contributed by atoms with Crippen molar-refractivity contribution in [1.82, 2.24) is 0 Å². The Morgan fingerprint density at radius 2 is 1.81 bits per heavy atom. The number of amides is 1. The molecule has 0 saturated heterocycles. The normalized spacial score (nSPS) is 11.3. The van der Waals surface area contributed by atoms with Crippen molar-refractivity contribution in [3.8, 4) is 0 Å². The van der Waals surface area contributed by atoms with Gasteiger partial charge in [-0.05, 0) is 48.2 Å². The molecule has 0 bridgehead atoms. The Balaban J connectivity index is 2.03. The van der Waals surface area contributed by atoms with Gasteiger partial charge in [0, 0.05) is 11.4 Å². The van der Waals surface area contributed by atoms with Crippen LogP contribution in [0.25, 0.3) is 0 Å². The molecule has 0 heterocycles. The first-order chi connectivity index (χ1) is 12.7. The molecule has 0 aliphatic carbocycles. The SMILES string of the molecule is C=CCS(=O)(=O)c1ccc(C)c(NCC(=O)Nc2ccc(C(C)C)cc2)c1. The first kappa shape index (κ1) is 20.7. The smallest absolute Gasteiger partial charge is 0.243 e. The van der Waals surface area contributed by atoms with Gasteiger partial charge in [0.15, 0.2) is 9.84 Å². The summed E-state index contributed by atoms with van der Waals surface area (Å²) in [7, 11) is -3.41. The highest BCUT2D eigenvalue weighted by Crippen LogP contribution is 2.21. The molecule has 0 aliphatic rings. The molecule has 0 fully saturated rings. The molecule has 0 atom stereocenters. The lowest BCUT2D eigenvalue weighted by Crippen LogP contribution is -2.22. The third-order valence-electron chi connectivity index (χ3n) is 4.21. The van der Waals surface area contributed by atoms with Crippen LogP contribution in [0.1, 0.15) is 30.9 Å². The molecular formula is C21H26N2O3S. The molecule has 6 heteroatoms. The van der Waals surface area contributed by atoms with Crippen LogP contribution in [0.3, 0.4) is 0 Å². The van der Waals surface area contributed by atoms with Gasteiger partial charge >= 0.3 is 0 Å². The summed E-state index contributed by atoms with van der Waals surface area (Å²) in [5, 5.41) is 5.84. The van der Waals surface area contributed by atoms with E-state index in [2.05, 4.69) is 31.1 Å². The molecule has 2 aromatic carbocycles. The minimum atomic E-state index is -3.41. The average molecular weight is 387 g/mol. The van der Waals surface area contributed by atoms with Crippen molar-refractivity contribution in [2.24, 2.45) is 0 Å². The largest absolute Gasteiger partial charge is 0.376 e. The van der Waals surface area contributed by atoms with E-state index in [1.807, 2.05) is 31.2 Å². The zero-order valence-electron chi connectivity index (χ0n) is 16.0. The number of hydrogen-bond acceptors (Lipinski definition) is 4. The summed E-state index contributed by atoms with van der Waals surface area (Å²) in [5.74, 6) is 0.109. The summed E-state index contributed by atoms with van der Waals surface area (Å²) in [6, 6.07) is 12.6. The summed E-state index contributed by atoms with van der Waals surface area (Å²) in [4.78, 5) is 12.4. The van der Waals surface area contributed by atoms with Crippen LogP contribution < -0.4 is 10.6 Å². The molecule has 0 aliphatic heterocycles. The van der Waals surface area contributed by atoms with Crippen molar-refractivity contribution in [1.29, 1.82) is 0 Å². The fourth-order valence-corrected chi connectivity index (χ4v) is 3.64. The second kappa shape index (κ2) is 8.86. The predicted molar refractivity (Wildman–Crippen MR) is 111 cm³/mol. The van der Waals surface area contributed by atoms with E-state index in [1.165, 1.54) is 11.6 Å². The van der Waals surface area contributed by atoms with Gasteiger partial charge in [0.2, 0.25) is 5.91 Å². The number of rotatable bonds is 8. The number of carbonyl (C=O) groups excluding carboxylic acids is 1. The fourth-order valence-electron chi connectivity index (χ4n) is 2.57. The van der Waals surface area contributed by atoms with Crippen molar-refractivity contribution in [3.63, 3.8) is 0 Å². The number of hydrogen-bond donors (Lipinski definition) is 2. The first-order valence-corrected chi connectivity index (χ1v) is 10.5. The number of benzene rings is 2. The number of aryl methyl sites for hydroxylation is 1. The number of sulfone groups is 1. The number of anilines is 2. The Labute approximate surface area is 161 Å². The lowest BCUT2D eigenvalue weighted by molar-refractivity contribution is -0.114.